The third-order valence-corrected chi connectivity index (χ3v) is 1.28. The van der Waals surface area contributed by atoms with E-state index in [1.807, 2.05) is 26.0 Å². The van der Waals surface area contributed by atoms with Crippen molar-refractivity contribution in [2.75, 3.05) is 0 Å². The van der Waals surface area contributed by atoms with Gasteiger partial charge in [0.2, 0.25) is 0 Å². The molecule has 0 saturated carbocycles. The molecule has 1 aromatic rings. The number of rotatable bonds is 0. The summed E-state index contributed by atoms with van der Waals surface area (Å²) >= 11 is 0. The van der Waals surface area contributed by atoms with Crippen molar-refractivity contribution in [3.05, 3.63) is 24.3 Å². The van der Waals surface area contributed by atoms with E-state index in [1.165, 1.54) is 0 Å². The Hall–Kier alpha value is -0.550. The highest BCUT2D eigenvalue weighted by Crippen LogP contribution is 2.03. The monoisotopic (exact) mass is 156 g/mol. The molecule has 0 bridgehead atoms. The van der Waals surface area contributed by atoms with E-state index < -0.39 is 0 Å². The van der Waals surface area contributed by atoms with Crippen molar-refractivity contribution in [3.63, 3.8) is 0 Å². The third kappa shape index (κ3) is 3.47. The summed E-state index contributed by atoms with van der Waals surface area (Å²) in [4.78, 5) is 0. The zero-order valence-corrected chi connectivity index (χ0v) is 7.49. The summed E-state index contributed by atoms with van der Waals surface area (Å²) < 4.78 is 0. The van der Waals surface area contributed by atoms with Crippen LogP contribution in [0.25, 0.3) is 0 Å². The lowest BCUT2D eigenvalue weighted by atomic mass is 10.3. The Kier molecular flexibility index (Phi) is 4.96. The van der Waals surface area contributed by atoms with E-state index in [9.17, 15) is 0 Å². The molecule has 1 rings (SSSR count). The molecule has 1 N–H and O–H groups in total. The molecule has 0 spiro atoms. The molecule has 0 aromatic heterocycles. The molecule has 1 nitrogen and oxygen atoms in total. The number of benzene rings is 1. The molecule has 0 fully saturated rings. The van der Waals surface area contributed by atoms with Gasteiger partial charge in [0.05, 0.1) is 0 Å². The predicted octanol–water partition coefficient (Wildman–Crippen LogP) is 1.92. The molecule has 10 heavy (non-hydrogen) atoms. The van der Waals surface area contributed by atoms with Gasteiger partial charge in [0.1, 0.15) is 5.75 Å². The van der Waals surface area contributed by atoms with Crippen molar-refractivity contribution in [3.8, 4) is 5.75 Å². The second kappa shape index (κ2) is 5.25. The third-order valence-electron chi connectivity index (χ3n) is 0.893. The molecule has 0 radical (unpaired) electrons. The van der Waals surface area contributed by atoms with Gasteiger partial charge in [-0.15, -0.1) is 9.24 Å². The first-order valence-electron chi connectivity index (χ1n) is 3.33. The summed E-state index contributed by atoms with van der Waals surface area (Å²) in [5.74, 6) is 0.316. The number of hydrogen-bond acceptors (Lipinski definition) is 1. The van der Waals surface area contributed by atoms with Crippen LogP contribution in [0.2, 0.25) is 0 Å². The lowest BCUT2D eigenvalue weighted by Gasteiger charge is -1.89. The van der Waals surface area contributed by atoms with E-state index in [2.05, 4.69) is 9.24 Å². The standard InChI is InChI=1S/C6H7OP.C2H6/c7-5-1-3-6(8)4-2-5;1-2/h1-4,7H,8H2;1-2H3. The minimum absolute atomic E-state index is 0.316. The molecule has 1 unspecified atom stereocenters. The molecule has 0 aliphatic heterocycles. The van der Waals surface area contributed by atoms with Gasteiger partial charge in [-0.25, -0.2) is 0 Å². The van der Waals surface area contributed by atoms with Gasteiger partial charge in [-0.3, -0.25) is 0 Å². The van der Waals surface area contributed by atoms with Crippen LogP contribution in [0.5, 0.6) is 5.75 Å². The Morgan fingerprint density at radius 2 is 1.50 bits per heavy atom. The topological polar surface area (TPSA) is 20.2 Å². The minimum atomic E-state index is 0.316. The normalized spacial score (nSPS) is 7.90. The predicted molar refractivity (Wildman–Crippen MR) is 48.8 cm³/mol. The quantitative estimate of drug-likeness (QED) is 0.569. The van der Waals surface area contributed by atoms with Crippen LogP contribution in [-0.4, -0.2) is 5.11 Å². The molecule has 56 valence electrons. The fraction of sp³-hybridized carbons (Fsp3) is 0.250. The van der Waals surface area contributed by atoms with Crippen LogP contribution >= 0.6 is 9.24 Å². The number of phenols is 1. The average molecular weight is 156 g/mol. The van der Waals surface area contributed by atoms with Crippen LogP contribution in [0.3, 0.4) is 0 Å². The summed E-state index contributed by atoms with van der Waals surface area (Å²) in [5.41, 5.74) is 0. The molecule has 1 atom stereocenters. The lowest BCUT2D eigenvalue weighted by molar-refractivity contribution is 0.475. The molecule has 0 amide bonds. The summed E-state index contributed by atoms with van der Waals surface area (Å²) in [6.45, 7) is 4.00. The van der Waals surface area contributed by atoms with Crippen LogP contribution in [0.4, 0.5) is 0 Å². The van der Waals surface area contributed by atoms with Crippen molar-refractivity contribution >= 4 is 14.5 Å². The maximum atomic E-state index is 8.75. The zero-order chi connectivity index (χ0) is 7.98. The molecular formula is C8H13OP. The van der Waals surface area contributed by atoms with Crippen molar-refractivity contribution in [1.82, 2.24) is 0 Å². The second-order valence-electron chi connectivity index (χ2n) is 1.59. The molecule has 2 heteroatoms. The van der Waals surface area contributed by atoms with E-state index in [-0.39, 0.29) is 0 Å². The highest BCUT2D eigenvalue weighted by molar-refractivity contribution is 7.27. The van der Waals surface area contributed by atoms with Crippen molar-refractivity contribution in [1.29, 1.82) is 0 Å². The maximum absolute atomic E-state index is 8.75. The van der Waals surface area contributed by atoms with E-state index in [4.69, 9.17) is 5.11 Å². The molecule has 0 heterocycles. The van der Waals surface area contributed by atoms with E-state index in [0.717, 1.165) is 5.30 Å². The number of phenolic OH excluding ortho intramolecular Hbond substituents is 1. The van der Waals surface area contributed by atoms with Crippen LogP contribution in [0.1, 0.15) is 13.8 Å². The molecule has 0 saturated heterocycles. The Labute approximate surface area is 64.3 Å². The Bertz CT molecular complexity index is 148. The van der Waals surface area contributed by atoms with Gasteiger partial charge in [-0.2, -0.15) is 0 Å². The summed E-state index contributed by atoms with van der Waals surface area (Å²) in [7, 11) is 2.54. The Balaban J connectivity index is 0.000000371. The summed E-state index contributed by atoms with van der Waals surface area (Å²) in [5, 5.41) is 9.83. The molecule has 0 aliphatic carbocycles. The average Bonchev–Trinajstić information content (AvgIpc) is 2.00. The van der Waals surface area contributed by atoms with Gasteiger partial charge >= 0.3 is 0 Å². The number of hydrogen-bond donors (Lipinski definition) is 1. The minimum Gasteiger partial charge on any atom is -0.508 e. The highest BCUT2D eigenvalue weighted by Gasteiger charge is 1.82. The van der Waals surface area contributed by atoms with Crippen LogP contribution in [0.15, 0.2) is 24.3 Å². The van der Waals surface area contributed by atoms with E-state index in [1.54, 1.807) is 12.1 Å². The molecule has 0 aliphatic rings. The largest absolute Gasteiger partial charge is 0.508 e. The van der Waals surface area contributed by atoms with E-state index >= 15 is 0 Å². The SMILES string of the molecule is CC.Oc1ccc(P)cc1. The number of aromatic hydroxyl groups is 1. The van der Waals surface area contributed by atoms with Gasteiger partial charge in [0, 0.05) is 0 Å². The fourth-order valence-corrected chi connectivity index (χ4v) is 0.667. The zero-order valence-electron chi connectivity index (χ0n) is 6.33. The highest BCUT2D eigenvalue weighted by atomic mass is 31.0. The summed E-state index contributed by atoms with van der Waals surface area (Å²) in [6, 6.07) is 6.98. The van der Waals surface area contributed by atoms with Crippen LogP contribution in [0, 0.1) is 0 Å². The van der Waals surface area contributed by atoms with Crippen molar-refractivity contribution < 1.29 is 5.11 Å². The van der Waals surface area contributed by atoms with Gasteiger partial charge < -0.3 is 5.11 Å². The first-order chi connectivity index (χ1) is 4.79. The van der Waals surface area contributed by atoms with Gasteiger partial charge in [0.25, 0.3) is 0 Å². The molecule has 1 aromatic carbocycles. The second-order valence-corrected chi connectivity index (χ2v) is 2.26. The van der Waals surface area contributed by atoms with Crippen LogP contribution in [-0.2, 0) is 0 Å². The van der Waals surface area contributed by atoms with Gasteiger partial charge in [-0.1, -0.05) is 26.0 Å². The lowest BCUT2D eigenvalue weighted by Crippen LogP contribution is -1.83. The van der Waals surface area contributed by atoms with Gasteiger partial charge in [0.15, 0.2) is 0 Å². The Morgan fingerprint density at radius 1 is 1.10 bits per heavy atom. The van der Waals surface area contributed by atoms with Crippen LogP contribution < -0.4 is 5.30 Å². The van der Waals surface area contributed by atoms with Gasteiger partial charge in [-0.05, 0) is 17.4 Å². The first kappa shape index (κ1) is 9.45. The first-order valence-corrected chi connectivity index (χ1v) is 3.91. The summed E-state index contributed by atoms with van der Waals surface area (Å²) in [6.07, 6.45) is 0. The fourth-order valence-electron chi connectivity index (χ4n) is 0.474. The van der Waals surface area contributed by atoms with E-state index in [0.29, 0.717) is 5.75 Å². The Morgan fingerprint density at radius 3 is 1.80 bits per heavy atom. The smallest absolute Gasteiger partial charge is 0.115 e. The maximum Gasteiger partial charge on any atom is 0.115 e. The molecular weight excluding hydrogens is 143 g/mol. The van der Waals surface area contributed by atoms with Crippen molar-refractivity contribution in [2.45, 2.75) is 13.8 Å². The van der Waals surface area contributed by atoms with Crippen molar-refractivity contribution in [2.24, 2.45) is 0 Å².